The second-order valence-corrected chi connectivity index (χ2v) is 6.82. The second-order valence-electron chi connectivity index (χ2n) is 6.82. The van der Waals surface area contributed by atoms with Crippen LogP contribution in [-0.4, -0.2) is 30.4 Å². The summed E-state index contributed by atoms with van der Waals surface area (Å²) in [5, 5.41) is 3.27. The first kappa shape index (κ1) is 13.3. The van der Waals surface area contributed by atoms with Gasteiger partial charge in [0.15, 0.2) is 0 Å². The molecule has 4 rings (SSSR count). The van der Waals surface area contributed by atoms with Crippen LogP contribution in [0.4, 0.5) is 0 Å². The molecule has 1 amide bonds. The van der Waals surface area contributed by atoms with Gasteiger partial charge in [-0.05, 0) is 80.3 Å². The third-order valence-electron chi connectivity index (χ3n) is 5.33. The Hall–Kier alpha value is -1.35. The molecule has 112 valence electrons. The first-order chi connectivity index (χ1) is 10.3. The minimum atomic E-state index is 0.204. The number of hydrogen-bond acceptors (Lipinski definition) is 2. The van der Waals surface area contributed by atoms with E-state index in [-0.39, 0.29) is 11.9 Å². The summed E-state index contributed by atoms with van der Waals surface area (Å²) in [7, 11) is 0. The molecule has 3 aliphatic rings. The van der Waals surface area contributed by atoms with Gasteiger partial charge in [-0.1, -0.05) is 12.1 Å². The quantitative estimate of drug-likeness (QED) is 0.924. The smallest absolute Gasteiger partial charge is 0.234 e. The van der Waals surface area contributed by atoms with Gasteiger partial charge in [-0.25, -0.2) is 0 Å². The molecular weight excluding hydrogens is 260 g/mol. The topological polar surface area (TPSA) is 32.3 Å². The number of likely N-dealkylation sites (tertiary alicyclic amines) is 1. The number of nitrogens with one attached hydrogen (secondary N) is 1. The molecular formula is C18H24N2O. The number of rotatable bonds is 3. The summed E-state index contributed by atoms with van der Waals surface area (Å²) < 4.78 is 0. The summed E-state index contributed by atoms with van der Waals surface area (Å²) in [4.78, 5) is 14.5. The van der Waals surface area contributed by atoms with Crippen LogP contribution in [-0.2, 0) is 24.1 Å². The van der Waals surface area contributed by atoms with Crippen molar-refractivity contribution in [1.29, 1.82) is 0 Å². The summed E-state index contributed by atoms with van der Waals surface area (Å²) >= 11 is 0. The van der Waals surface area contributed by atoms with Crippen LogP contribution >= 0.6 is 0 Å². The highest BCUT2D eigenvalue weighted by molar-refractivity contribution is 5.78. The molecule has 1 atom stereocenters. The molecule has 1 aromatic rings. The highest BCUT2D eigenvalue weighted by atomic mass is 16.2. The van der Waals surface area contributed by atoms with E-state index in [0.717, 1.165) is 25.9 Å². The van der Waals surface area contributed by atoms with Crippen LogP contribution < -0.4 is 5.32 Å². The van der Waals surface area contributed by atoms with Crippen molar-refractivity contribution in [2.75, 3.05) is 19.6 Å². The molecule has 3 nitrogen and oxygen atoms in total. The molecule has 0 aromatic heterocycles. The molecule has 0 unspecified atom stereocenters. The minimum Gasteiger partial charge on any atom is -0.348 e. The Balaban J connectivity index is 1.45. The van der Waals surface area contributed by atoms with Gasteiger partial charge < -0.3 is 5.32 Å². The number of hydrogen-bond donors (Lipinski definition) is 1. The van der Waals surface area contributed by atoms with E-state index in [0.29, 0.717) is 6.54 Å². The number of carbonyl (C=O) groups excluding carboxylic acids is 1. The Morgan fingerprint density at radius 1 is 1.05 bits per heavy atom. The molecule has 21 heavy (non-hydrogen) atoms. The highest BCUT2D eigenvalue weighted by Crippen LogP contribution is 2.36. The van der Waals surface area contributed by atoms with Gasteiger partial charge in [0.05, 0.1) is 12.6 Å². The van der Waals surface area contributed by atoms with Crippen molar-refractivity contribution < 1.29 is 4.79 Å². The van der Waals surface area contributed by atoms with E-state index >= 15 is 0 Å². The lowest BCUT2D eigenvalue weighted by Crippen LogP contribution is -2.37. The lowest BCUT2D eigenvalue weighted by atomic mass is 10.0. The highest BCUT2D eigenvalue weighted by Gasteiger charge is 2.27. The van der Waals surface area contributed by atoms with Gasteiger partial charge in [-0.15, -0.1) is 0 Å². The van der Waals surface area contributed by atoms with Crippen LogP contribution in [0.3, 0.4) is 0 Å². The van der Waals surface area contributed by atoms with Crippen molar-refractivity contribution in [2.24, 2.45) is 0 Å². The van der Waals surface area contributed by atoms with E-state index in [1.54, 1.807) is 5.56 Å². The van der Waals surface area contributed by atoms with Crippen molar-refractivity contribution in [3.05, 3.63) is 34.4 Å². The first-order valence-corrected chi connectivity index (χ1v) is 8.46. The molecule has 3 heteroatoms. The van der Waals surface area contributed by atoms with E-state index in [1.165, 1.54) is 48.8 Å². The zero-order valence-corrected chi connectivity index (χ0v) is 12.7. The van der Waals surface area contributed by atoms with E-state index in [2.05, 4.69) is 22.3 Å². The molecule has 1 N–H and O–H groups in total. The van der Waals surface area contributed by atoms with Gasteiger partial charge in [-0.3, -0.25) is 9.69 Å². The zero-order valence-electron chi connectivity index (χ0n) is 12.7. The maximum atomic E-state index is 12.2. The molecule has 1 saturated heterocycles. The van der Waals surface area contributed by atoms with Gasteiger partial charge in [0.2, 0.25) is 5.91 Å². The maximum Gasteiger partial charge on any atom is 0.234 e. The third-order valence-corrected chi connectivity index (χ3v) is 5.33. The lowest BCUT2D eigenvalue weighted by Gasteiger charge is -2.18. The molecule has 1 fully saturated rings. The predicted octanol–water partition coefficient (Wildman–Crippen LogP) is 2.37. The fourth-order valence-electron chi connectivity index (χ4n) is 4.22. The van der Waals surface area contributed by atoms with Crippen LogP contribution in [0.5, 0.6) is 0 Å². The van der Waals surface area contributed by atoms with Gasteiger partial charge in [0.1, 0.15) is 0 Å². The van der Waals surface area contributed by atoms with Crippen LogP contribution in [0.2, 0.25) is 0 Å². The molecule has 0 bridgehead atoms. The Morgan fingerprint density at radius 2 is 1.81 bits per heavy atom. The van der Waals surface area contributed by atoms with E-state index < -0.39 is 0 Å². The van der Waals surface area contributed by atoms with Crippen molar-refractivity contribution in [3.63, 3.8) is 0 Å². The van der Waals surface area contributed by atoms with Crippen LogP contribution in [0.1, 0.15) is 54.0 Å². The SMILES string of the molecule is O=C(CN1CCCC1)N[C@H]1CCc2cc3c(cc21)CCC3. The minimum absolute atomic E-state index is 0.204. The summed E-state index contributed by atoms with van der Waals surface area (Å²) in [6, 6.07) is 5.04. The Kier molecular flexibility index (Phi) is 3.46. The van der Waals surface area contributed by atoms with Crippen molar-refractivity contribution >= 4 is 5.91 Å². The number of amides is 1. The van der Waals surface area contributed by atoms with E-state index in [4.69, 9.17) is 0 Å². The number of fused-ring (bicyclic) bond motifs is 2. The van der Waals surface area contributed by atoms with Crippen molar-refractivity contribution in [1.82, 2.24) is 10.2 Å². The predicted molar refractivity (Wildman–Crippen MR) is 83.3 cm³/mol. The Bertz CT molecular complexity index is 561. The standard InChI is InChI=1S/C18H24N2O/c21-18(12-20-8-1-2-9-20)19-17-7-6-15-10-13-4-3-5-14(13)11-16(15)17/h10-11,17H,1-9,12H2,(H,19,21)/t17-/m0/s1. The van der Waals surface area contributed by atoms with Crippen molar-refractivity contribution in [2.45, 2.75) is 51.0 Å². The number of aryl methyl sites for hydroxylation is 3. The van der Waals surface area contributed by atoms with Gasteiger partial charge in [-0.2, -0.15) is 0 Å². The molecule has 0 radical (unpaired) electrons. The van der Waals surface area contributed by atoms with E-state index in [9.17, 15) is 4.79 Å². The first-order valence-electron chi connectivity index (χ1n) is 8.46. The Labute approximate surface area is 126 Å². The monoisotopic (exact) mass is 284 g/mol. The normalized spacial score (nSPS) is 24.1. The number of carbonyl (C=O) groups is 1. The zero-order chi connectivity index (χ0) is 14.2. The largest absolute Gasteiger partial charge is 0.348 e. The molecule has 0 saturated carbocycles. The second kappa shape index (κ2) is 5.45. The third kappa shape index (κ3) is 2.59. The van der Waals surface area contributed by atoms with Gasteiger partial charge >= 0.3 is 0 Å². The summed E-state index contributed by atoms with van der Waals surface area (Å²) in [6.07, 6.45) is 8.44. The van der Waals surface area contributed by atoms with E-state index in [1.807, 2.05) is 0 Å². The molecule has 1 aliphatic heterocycles. The summed E-state index contributed by atoms with van der Waals surface area (Å²) in [5.74, 6) is 0.204. The summed E-state index contributed by atoms with van der Waals surface area (Å²) in [5.41, 5.74) is 5.94. The summed E-state index contributed by atoms with van der Waals surface area (Å²) in [6.45, 7) is 2.75. The number of benzene rings is 1. The lowest BCUT2D eigenvalue weighted by molar-refractivity contribution is -0.122. The van der Waals surface area contributed by atoms with Gasteiger partial charge in [0.25, 0.3) is 0 Å². The molecule has 1 heterocycles. The fourth-order valence-corrected chi connectivity index (χ4v) is 4.22. The number of nitrogens with zero attached hydrogens (tertiary/aromatic N) is 1. The van der Waals surface area contributed by atoms with Crippen LogP contribution in [0.25, 0.3) is 0 Å². The maximum absolute atomic E-state index is 12.2. The van der Waals surface area contributed by atoms with Crippen molar-refractivity contribution in [3.8, 4) is 0 Å². The average Bonchev–Trinajstić information content (AvgIpc) is 3.18. The average molecular weight is 284 g/mol. The molecule has 1 aromatic carbocycles. The molecule has 2 aliphatic carbocycles. The van der Waals surface area contributed by atoms with Crippen LogP contribution in [0, 0.1) is 0 Å². The molecule has 0 spiro atoms. The Morgan fingerprint density at radius 3 is 2.62 bits per heavy atom. The fraction of sp³-hybridized carbons (Fsp3) is 0.611. The van der Waals surface area contributed by atoms with Gasteiger partial charge in [0, 0.05) is 0 Å². The van der Waals surface area contributed by atoms with Crippen LogP contribution in [0.15, 0.2) is 12.1 Å².